The molecule has 0 saturated carbocycles. The largest absolute Gasteiger partial charge is 0.326 e. The summed E-state index contributed by atoms with van der Waals surface area (Å²) in [7, 11) is 0. The quantitative estimate of drug-likeness (QED) is 0.861. The zero-order valence-corrected chi connectivity index (χ0v) is 10.0. The average molecular weight is 232 g/mol. The third-order valence-corrected chi connectivity index (χ3v) is 4.28. The Morgan fingerprint density at radius 2 is 2.25 bits per heavy atom. The molecular weight excluding hydrogens is 216 g/mol. The van der Waals surface area contributed by atoms with Crippen molar-refractivity contribution in [2.45, 2.75) is 19.0 Å². The van der Waals surface area contributed by atoms with Crippen LogP contribution in [0.2, 0.25) is 0 Å². The van der Waals surface area contributed by atoms with Gasteiger partial charge in [0.05, 0.1) is 0 Å². The van der Waals surface area contributed by atoms with Gasteiger partial charge < -0.3 is 5.73 Å². The first-order chi connectivity index (χ1) is 7.83. The Hall–Kier alpha value is -0.900. The van der Waals surface area contributed by atoms with Crippen LogP contribution in [0.25, 0.3) is 10.1 Å². The average Bonchev–Trinajstić information content (AvgIpc) is 2.87. The lowest BCUT2D eigenvalue weighted by atomic mass is 10.2. The zero-order valence-electron chi connectivity index (χ0n) is 9.23. The summed E-state index contributed by atoms with van der Waals surface area (Å²) in [6, 6.07) is 9.02. The maximum Gasteiger partial charge on any atom is 0.0346 e. The zero-order chi connectivity index (χ0) is 11.0. The second kappa shape index (κ2) is 4.17. The number of hydrogen-bond acceptors (Lipinski definition) is 3. The Morgan fingerprint density at radius 3 is 3.06 bits per heavy atom. The van der Waals surface area contributed by atoms with Gasteiger partial charge in [-0.1, -0.05) is 18.2 Å². The molecule has 1 aliphatic rings. The molecule has 0 bridgehead atoms. The molecule has 1 fully saturated rings. The summed E-state index contributed by atoms with van der Waals surface area (Å²) in [5.41, 5.74) is 7.38. The summed E-state index contributed by atoms with van der Waals surface area (Å²) >= 11 is 1.84. The molecule has 1 aromatic carbocycles. The summed E-state index contributed by atoms with van der Waals surface area (Å²) in [5, 5.41) is 3.70. The van der Waals surface area contributed by atoms with Gasteiger partial charge in [0, 0.05) is 30.4 Å². The van der Waals surface area contributed by atoms with E-state index in [1.54, 1.807) is 0 Å². The third kappa shape index (κ3) is 1.86. The minimum absolute atomic E-state index is 0.380. The van der Waals surface area contributed by atoms with E-state index in [-0.39, 0.29) is 0 Å². The summed E-state index contributed by atoms with van der Waals surface area (Å²) in [5.74, 6) is 0. The highest BCUT2D eigenvalue weighted by Gasteiger charge is 2.19. The Balaban J connectivity index is 1.84. The fourth-order valence-corrected chi connectivity index (χ4v) is 3.36. The first kappa shape index (κ1) is 10.3. The van der Waals surface area contributed by atoms with E-state index in [1.165, 1.54) is 15.6 Å². The number of rotatable bonds is 2. The van der Waals surface area contributed by atoms with Crippen LogP contribution in [0.15, 0.2) is 29.6 Å². The highest BCUT2D eigenvalue weighted by Crippen LogP contribution is 2.27. The number of thiophene rings is 1. The van der Waals surface area contributed by atoms with Gasteiger partial charge >= 0.3 is 0 Å². The number of nitrogens with zero attached hydrogens (tertiary/aromatic N) is 1. The Kier molecular flexibility index (Phi) is 2.67. The van der Waals surface area contributed by atoms with Gasteiger partial charge in [0.1, 0.15) is 0 Å². The van der Waals surface area contributed by atoms with Crippen LogP contribution in [0.4, 0.5) is 0 Å². The lowest BCUT2D eigenvalue weighted by molar-refractivity contribution is 0.328. The molecule has 2 heterocycles. The summed E-state index contributed by atoms with van der Waals surface area (Å²) in [6.45, 7) is 3.24. The molecule has 0 amide bonds. The lowest BCUT2D eigenvalue weighted by Crippen LogP contribution is -2.26. The van der Waals surface area contributed by atoms with E-state index in [4.69, 9.17) is 5.73 Å². The predicted molar refractivity (Wildman–Crippen MR) is 69.7 cm³/mol. The molecule has 0 aliphatic carbocycles. The van der Waals surface area contributed by atoms with Crippen LogP contribution < -0.4 is 5.73 Å². The molecule has 2 aromatic rings. The second-order valence-electron chi connectivity index (χ2n) is 4.54. The van der Waals surface area contributed by atoms with Crippen LogP contribution in [0.5, 0.6) is 0 Å². The molecule has 3 rings (SSSR count). The summed E-state index contributed by atoms with van der Waals surface area (Å²) in [4.78, 5) is 2.46. The SMILES string of the molecule is N[C@@H]1CCN(Cc2csc3ccccc23)C1. The molecule has 84 valence electrons. The van der Waals surface area contributed by atoms with Gasteiger partial charge in [-0.15, -0.1) is 11.3 Å². The molecule has 1 atom stereocenters. The van der Waals surface area contributed by atoms with Crippen LogP contribution in [0.3, 0.4) is 0 Å². The van der Waals surface area contributed by atoms with Crippen molar-refractivity contribution in [2.75, 3.05) is 13.1 Å². The van der Waals surface area contributed by atoms with Gasteiger partial charge in [0.25, 0.3) is 0 Å². The molecule has 3 heteroatoms. The number of fused-ring (bicyclic) bond motifs is 1. The van der Waals surface area contributed by atoms with Gasteiger partial charge in [-0.2, -0.15) is 0 Å². The fraction of sp³-hybridized carbons (Fsp3) is 0.385. The minimum Gasteiger partial charge on any atom is -0.326 e. The van der Waals surface area contributed by atoms with E-state index >= 15 is 0 Å². The monoisotopic (exact) mass is 232 g/mol. The third-order valence-electron chi connectivity index (χ3n) is 3.26. The summed E-state index contributed by atoms with van der Waals surface area (Å²) in [6.07, 6.45) is 1.14. The molecule has 0 spiro atoms. The highest BCUT2D eigenvalue weighted by atomic mass is 32.1. The Morgan fingerprint density at radius 1 is 1.38 bits per heavy atom. The van der Waals surface area contributed by atoms with Crippen LogP contribution >= 0.6 is 11.3 Å². The van der Waals surface area contributed by atoms with E-state index < -0.39 is 0 Å². The molecule has 16 heavy (non-hydrogen) atoms. The number of nitrogens with two attached hydrogens (primary N) is 1. The van der Waals surface area contributed by atoms with Crippen LogP contribution in [-0.2, 0) is 6.54 Å². The van der Waals surface area contributed by atoms with Gasteiger partial charge in [0.15, 0.2) is 0 Å². The molecule has 1 aromatic heterocycles. The van der Waals surface area contributed by atoms with E-state index in [0.29, 0.717) is 6.04 Å². The molecular formula is C13H16N2S. The molecule has 1 aliphatic heterocycles. The first-order valence-corrected chi connectivity index (χ1v) is 6.64. The van der Waals surface area contributed by atoms with E-state index in [9.17, 15) is 0 Å². The molecule has 2 nitrogen and oxygen atoms in total. The van der Waals surface area contributed by atoms with Gasteiger partial charge in [-0.05, 0) is 28.8 Å². The molecule has 1 saturated heterocycles. The highest BCUT2D eigenvalue weighted by molar-refractivity contribution is 7.17. The maximum atomic E-state index is 5.93. The molecule has 0 unspecified atom stereocenters. The second-order valence-corrected chi connectivity index (χ2v) is 5.45. The van der Waals surface area contributed by atoms with Crippen LogP contribution in [0.1, 0.15) is 12.0 Å². The minimum atomic E-state index is 0.380. The van der Waals surface area contributed by atoms with Crippen molar-refractivity contribution in [3.8, 4) is 0 Å². The van der Waals surface area contributed by atoms with Crippen LogP contribution in [0, 0.1) is 0 Å². The van der Waals surface area contributed by atoms with Crippen LogP contribution in [-0.4, -0.2) is 24.0 Å². The van der Waals surface area contributed by atoms with E-state index in [2.05, 4.69) is 34.5 Å². The topological polar surface area (TPSA) is 29.3 Å². The van der Waals surface area contributed by atoms with Crippen molar-refractivity contribution in [2.24, 2.45) is 5.73 Å². The van der Waals surface area contributed by atoms with Crippen molar-refractivity contribution in [1.29, 1.82) is 0 Å². The van der Waals surface area contributed by atoms with Gasteiger partial charge in [0.2, 0.25) is 0 Å². The fourth-order valence-electron chi connectivity index (χ4n) is 2.40. The standard InChI is InChI=1S/C13H16N2S/c14-11-5-6-15(8-11)7-10-9-16-13-4-2-1-3-12(10)13/h1-4,9,11H,5-8,14H2/t11-/m1/s1. The smallest absolute Gasteiger partial charge is 0.0346 e. The van der Waals surface area contributed by atoms with Gasteiger partial charge in [-0.3, -0.25) is 4.90 Å². The molecule has 0 radical (unpaired) electrons. The molecule has 2 N–H and O–H groups in total. The normalized spacial score (nSPS) is 21.9. The van der Waals surface area contributed by atoms with Crippen molar-refractivity contribution in [3.05, 3.63) is 35.2 Å². The van der Waals surface area contributed by atoms with Gasteiger partial charge in [-0.25, -0.2) is 0 Å². The van der Waals surface area contributed by atoms with Crippen molar-refractivity contribution < 1.29 is 0 Å². The van der Waals surface area contributed by atoms with E-state index in [1.807, 2.05) is 11.3 Å². The number of benzene rings is 1. The van der Waals surface area contributed by atoms with Crippen molar-refractivity contribution >= 4 is 21.4 Å². The predicted octanol–water partition coefficient (Wildman–Crippen LogP) is 2.43. The Labute approximate surface area is 99.7 Å². The maximum absolute atomic E-state index is 5.93. The summed E-state index contributed by atoms with van der Waals surface area (Å²) < 4.78 is 1.39. The number of hydrogen-bond donors (Lipinski definition) is 1. The Bertz CT molecular complexity index is 491. The van der Waals surface area contributed by atoms with Crippen molar-refractivity contribution in [1.82, 2.24) is 4.90 Å². The number of likely N-dealkylation sites (tertiary alicyclic amines) is 1. The van der Waals surface area contributed by atoms with Crippen molar-refractivity contribution in [3.63, 3.8) is 0 Å². The lowest BCUT2D eigenvalue weighted by Gasteiger charge is -2.14. The van der Waals surface area contributed by atoms with E-state index in [0.717, 1.165) is 26.1 Å². The first-order valence-electron chi connectivity index (χ1n) is 5.76.